The molecule has 0 bridgehead atoms. The maximum atomic E-state index is 11.2. The third kappa shape index (κ3) is 5.35. The maximum Gasteiger partial charge on any atom is 0.410 e. The molecule has 1 fully saturated rings. The fourth-order valence-corrected chi connectivity index (χ4v) is 5.38. The summed E-state index contributed by atoms with van der Waals surface area (Å²) in [7, 11) is 0. The number of nitrogens with zero attached hydrogens (tertiary/aromatic N) is 2. The molecule has 3 heterocycles. The number of benzene rings is 1. The van der Waals surface area contributed by atoms with E-state index in [2.05, 4.69) is 23.2 Å². The Morgan fingerprint density at radius 1 is 1.29 bits per heavy atom. The largest absolute Gasteiger partial charge is 0.410 e. The molecule has 1 aromatic carbocycles. The number of nitrogens with two attached hydrogens (primary N) is 3. The minimum absolute atomic E-state index is 0.298. The number of nitrogens with one attached hydrogen (secondary N) is 1. The van der Waals surface area contributed by atoms with Gasteiger partial charge in [0.1, 0.15) is 10.6 Å². The number of hydrogen-bond acceptors (Lipinski definition) is 9. The van der Waals surface area contributed by atoms with Gasteiger partial charge in [0, 0.05) is 36.7 Å². The molecule has 1 amide bonds. The van der Waals surface area contributed by atoms with E-state index >= 15 is 0 Å². The zero-order valence-electron chi connectivity index (χ0n) is 19.3. The topological polar surface area (TPSA) is 153 Å². The number of amides is 1. The summed E-state index contributed by atoms with van der Waals surface area (Å²) < 4.78 is 5.09. The molecule has 1 unspecified atom stereocenters. The molecule has 0 aliphatic carbocycles. The lowest BCUT2D eigenvalue weighted by Crippen LogP contribution is -2.44. The van der Waals surface area contributed by atoms with Gasteiger partial charge >= 0.3 is 6.09 Å². The van der Waals surface area contributed by atoms with Crippen molar-refractivity contribution in [3.63, 3.8) is 0 Å². The highest BCUT2D eigenvalue weighted by Crippen LogP contribution is 2.42. The quantitative estimate of drug-likeness (QED) is 0.306. The highest BCUT2D eigenvalue weighted by atomic mass is 32.1. The standard InChI is InChI=1S/C24H32N6O3S/c1-2-3-15-12-19(29-22-20(15)21(26)23(34-22)33-24(27)32)30-10-8-17(9-11-30)28-13-18(31)14-4-6-16(25)7-5-14/h4-7,12,17-18,28,31H,2-3,8-11,13,25-26H2,1H3,(H2,27,32). The van der Waals surface area contributed by atoms with Gasteiger partial charge < -0.3 is 37.3 Å². The number of aryl methyl sites for hydroxylation is 1. The summed E-state index contributed by atoms with van der Waals surface area (Å²) in [5.41, 5.74) is 20.2. The number of carbonyl (C=O) groups is 1. The van der Waals surface area contributed by atoms with Crippen molar-refractivity contribution in [2.45, 2.75) is 44.8 Å². The first-order chi connectivity index (χ1) is 16.4. The van der Waals surface area contributed by atoms with E-state index in [0.717, 1.165) is 65.9 Å². The number of anilines is 3. The summed E-state index contributed by atoms with van der Waals surface area (Å²) in [6.45, 7) is 4.32. The molecular formula is C24H32N6O3S. The number of nitrogen functional groups attached to an aromatic ring is 2. The Labute approximate surface area is 202 Å². The number of rotatable bonds is 8. The Morgan fingerprint density at radius 3 is 2.65 bits per heavy atom. The van der Waals surface area contributed by atoms with Gasteiger partial charge in [-0.05, 0) is 48.6 Å². The van der Waals surface area contributed by atoms with Crippen molar-refractivity contribution in [2.24, 2.45) is 5.73 Å². The van der Waals surface area contributed by atoms with Gasteiger partial charge in [-0.1, -0.05) is 36.8 Å². The van der Waals surface area contributed by atoms with Crippen molar-refractivity contribution < 1.29 is 14.6 Å². The molecule has 0 radical (unpaired) electrons. The average molecular weight is 485 g/mol. The van der Waals surface area contributed by atoms with Gasteiger partial charge in [-0.15, -0.1) is 0 Å². The fraction of sp³-hybridized carbons (Fsp3) is 0.417. The van der Waals surface area contributed by atoms with E-state index in [-0.39, 0.29) is 0 Å². The van der Waals surface area contributed by atoms with Crippen molar-refractivity contribution in [3.8, 4) is 5.06 Å². The van der Waals surface area contributed by atoms with Gasteiger partial charge in [-0.25, -0.2) is 9.78 Å². The molecule has 1 saturated heterocycles. The Kier molecular flexibility index (Phi) is 7.40. The van der Waals surface area contributed by atoms with Crippen LogP contribution in [0.5, 0.6) is 5.06 Å². The zero-order valence-corrected chi connectivity index (χ0v) is 20.1. The van der Waals surface area contributed by atoms with Crippen LogP contribution in [0, 0.1) is 0 Å². The lowest BCUT2D eigenvalue weighted by molar-refractivity contribution is 0.167. The fourth-order valence-electron chi connectivity index (χ4n) is 4.39. The third-order valence-corrected chi connectivity index (χ3v) is 7.16. The van der Waals surface area contributed by atoms with Crippen LogP contribution in [-0.4, -0.2) is 41.9 Å². The number of thiophene rings is 1. The van der Waals surface area contributed by atoms with Crippen molar-refractivity contribution >= 4 is 44.8 Å². The molecule has 0 spiro atoms. The van der Waals surface area contributed by atoms with Gasteiger partial charge in [-0.3, -0.25) is 0 Å². The summed E-state index contributed by atoms with van der Waals surface area (Å²) in [6, 6.07) is 9.75. The van der Waals surface area contributed by atoms with E-state index in [9.17, 15) is 9.90 Å². The van der Waals surface area contributed by atoms with Crippen LogP contribution < -0.4 is 32.2 Å². The van der Waals surface area contributed by atoms with Crippen molar-refractivity contribution in [2.75, 3.05) is 36.0 Å². The minimum atomic E-state index is -0.883. The van der Waals surface area contributed by atoms with Crippen LogP contribution in [0.4, 0.5) is 22.0 Å². The van der Waals surface area contributed by atoms with Crippen LogP contribution >= 0.6 is 11.3 Å². The molecule has 1 atom stereocenters. The van der Waals surface area contributed by atoms with Crippen molar-refractivity contribution in [3.05, 3.63) is 41.5 Å². The van der Waals surface area contributed by atoms with E-state index in [1.807, 2.05) is 12.1 Å². The molecule has 2 aromatic heterocycles. The normalized spacial score (nSPS) is 15.5. The Morgan fingerprint density at radius 2 is 2.00 bits per heavy atom. The number of aromatic nitrogens is 1. The van der Waals surface area contributed by atoms with Crippen LogP contribution in [0.2, 0.25) is 0 Å². The second kappa shape index (κ2) is 10.5. The number of aliphatic hydroxyl groups excluding tert-OH is 1. The second-order valence-corrected chi connectivity index (χ2v) is 9.61. The number of carbonyl (C=O) groups excluding carboxylic acids is 1. The molecule has 34 heavy (non-hydrogen) atoms. The number of fused-ring (bicyclic) bond motifs is 1. The molecule has 10 heteroatoms. The maximum absolute atomic E-state index is 11.2. The average Bonchev–Trinajstić information content (AvgIpc) is 3.13. The molecular weight excluding hydrogens is 452 g/mol. The van der Waals surface area contributed by atoms with Gasteiger partial charge in [-0.2, -0.15) is 0 Å². The predicted octanol–water partition coefficient (Wildman–Crippen LogP) is 3.16. The number of hydrogen-bond donors (Lipinski definition) is 5. The van der Waals surface area contributed by atoms with Gasteiger partial charge in [0.05, 0.1) is 11.8 Å². The Bertz CT molecular complexity index is 1140. The monoisotopic (exact) mass is 484 g/mol. The molecule has 0 saturated carbocycles. The lowest BCUT2D eigenvalue weighted by Gasteiger charge is -2.34. The number of aliphatic hydroxyl groups is 1. The van der Waals surface area contributed by atoms with Crippen molar-refractivity contribution in [1.82, 2.24) is 10.3 Å². The summed E-state index contributed by atoms with van der Waals surface area (Å²) in [6.07, 6.45) is 2.25. The predicted molar refractivity (Wildman–Crippen MR) is 137 cm³/mol. The van der Waals surface area contributed by atoms with Gasteiger partial charge in [0.25, 0.3) is 0 Å². The SMILES string of the molecule is CCCc1cc(N2CCC(NCC(O)c3ccc(N)cc3)CC2)nc2sc(OC(N)=O)c(N)c12. The van der Waals surface area contributed by atoms with Crippen LogP contribution in [-0.2, 0) is 6.42 Å². The molecule has 182 valence electrons. The Balaban J connectivity index is 1.42. The van der Waals surface area contributed by atoms with E-state index < -0.39 is 12.2 Å². The molecule has 1 aliphatic heterocycles. The zero-order chi connectivity index (χ0) is 24.2. The second-order valence-electron chi connectivity index (χ2n) is 8.65. The first-order valence-corrected chi connectivity index (χ1v) is 12.4. The number of pyridine rings is 1. The number of piperidine rings is 1. The molecule has 9 nitrogen and oxygen atoms in total. The third-order valence-electron chi connectivity index (χ3n) is 6.19. The van der Waals surface area contributed by atoms with Crippen LogP contribution in [0.15, 0.2) is 30.3 Å². The van der Waals surface area contributed by atoms with E-state index in [1.54, 1.807) is 12.1 Å². The first kappa shape index (κ1) is 24.1. The van der Waals surface area contributed by atoms with Crippen LogP contribution in [0.25, 0.3) is 10.2 Å². The molecule has 4 rings (SSSR count). The van der Waals surface area contributed by atoms with Crippen LogP contribution in [0.1, 0.15) is 43.4 Å². The smallest absolute Gasteiger partial charge is 0.399 e. The van der Waals surface area contributed by atoms with Crippen LogP contribution in [0.3, 0.4) is 0 Å². The van der Waals surface area contributed by atoms with Gasteiger partial charge in [0.2, 0.25) is 5.06 Å². The summed E-state index contributed by atoms with van der Waals surface area (Å²) >= 11 is 1.25. The van der Waals surface area contributed by atoms with E-state index in [1.165, 1.54) is 11.3 Å². The van der Waals surface area contributed by atoms with E-state index in [0.29, 0.717) is 29.0 Å². The summed E-state index contributed by atoms with van der Waals surface area (Å²) in [5.74, 6) is 0.906. The minimum Gasteiger partial charge on any atom is -0.399 e. The number of ether oxygens (including phenoxy) is 1. The highest BCUT2D eigenvalue weighted by molar-refractivity contribution is 7.21. The lowest BCUT2D eigenvalue weighted by atomic mass is 10.0. The summed E-state index contributed by atoms with van der Waals surface area (Å²) in [4.78, 5) is 19.1. The molecule has 3 aromatic rings. The first-order valence-electron chi connectivity index (χ1n) is 11.6. The van der Waals surface area contributed by atoms with Gasteiger partial charge in [0.15, 0.2) is 0 Å². The molecule has 8 N–H and O–H groups in total. The van der Waals surface area contributed by atoms with Crippen molar-refractivity contribution in [1.29, 1.82) is 0 Å². The van der Waals surface area contributed by atoms with E-state index in [4.69, 9.17) is 26.9 Å². The highest BCUT2D eigenvalue weighted by Gasteiger charge is 2.24. The Hall–Kier alpha value is -3.08. The number of primary amides is 1. The summed E-state index contributed by atoms with van der Waals surface area (Å²) in [5, 5.41) is 15.1. The molecule has 1 aliphatic rings.